The van der Waals surface area contributed by atoms with E-state index in [9.17, 15) is 9.90 Å². The highest BCUT2D eigenvalue weighted by molar-refractivity contribution is 5.95. The zero-order valence-electron chi connectivity index (χ0n) is 10.9. The van der Waals surface area contributed by atoms with Crippen LogP contribution in [0.4, 0.5) is 5.69 Å². The summed E-state index contributed by atoms with van der Waals surface area (Å²) in [5.74, 6) is -0.931. The fourth-order valence-electron chi connectivity index (χ4n) is 1.96. The summed E-state index contributed by atoms with van der Waals surface area (Å²) in [5, 5.41) is 12.5. The molecule has 1 heterocycles. The largest absolute Gasteiger partial charge is 0.478 e. The molecule has 1 aromatic heterocycles. The lowest BCUT2D eigenvalue weighted by Crippen LogP contribution is -2.12. The normalized spacial score (nSPS) is 11.9. The molecule has 0 saturated heterocycles. The lowest BCUT2D eigenvalue weighted by Gasteiger charge is -2.18. The fraction of sp³-hybridized carbons (Fsp3) is 0.200. The highest BCUT2D eigenvalue weighted by Crippen LogP contribution is 2.25. The first kappa shape index (κ1) is 13.1. The van der Waals surface area contributed by atoms with Crippen molar-refractivity contribution in [1.29, 1.82) is 0 Å². The molecular formula is C15H16N2O2. The molecule has 98 valence electrons. The molecule has 2 rings (SSSR count). The first-order valence-electron chi connectivity index (χ1n) is 6.10. The predicted octanol–water partition coefficient (Wildman–Crippen LogP) is 3.26. The number of benzene rings is 1. The summed E-state index contributed by atoms with van der Waals surface area (Å²) in [6.07, 6.45) is 1.73. The van der Waals surface area contributed by atoms with Crippen molar-refractivity contribution in [1.82, 2.24) is 4.98 Å². The van der Waals surface area contributed by atoms with Crippen LogP contribution in [0.3, 0.4) is 0 Å². The number of pyridine rings is 1. The number of carbonyl (C=O) groups is 1. The molecule has 1 unspecified atom stereocenters. The molecule has 0 aliphatic carbocycles. The van der Waals surface area contributed by atoms with Gasteiger partial charge < -0.3 is 10.4 Å². The van der Waals surface area contributed by atoms with Gasteiger partial charge in [0.15, 0.2) is 0 Å². The Labute approximate surface area is 112 Å². The molecule has 0 amide bonds. The smallest absolute Gasteiger partial charge is 0.337 e. The monoisotopic (exact) mass is 256 g/mol. The van der Waals surface area contributed by atoms with Gasteiger partial charge in [-0.1, -0.05) is 18.2 Å². The molecule has 2 aromatic rings. The molecule has 0 saturated carbocycles. The summed E-state index contributed by atoms with van der Waals surface area (Å²) in [6, 6.07) is 10.9. The number of rotatable bonds is 4. The molecule has 2 N–H and O–H groups in total. The van der Waals surface area contributed by atoms with Gasteiger partial charge in [0.1, 0.15) is 0 Å². The van der Waals surface area contributed by atoms with Crippen molar-refractivity contribution in [2.24, 2.45) is 0 Å². The number of aryl methyl sites for hydroxylation is 1. The number of carboxylic acids is 1. The average molecular weight is 256 g/mol. The number of hydrogen-bond donors (Lipinski definition) is 2. The Kier molecular flexibility index (Phi) is 3.80. The van der Waals surface area contributed by atoms with Gasteiger partial charge in [-0.05, 0) is 37.6 Å². The number of aromatic nitrogens is 1. The van der Waals surface area contributed by atoms with Crippen LogP contribution in [0.15, 0.2) is 42.6 Å². The SMILES string of the molecule is Cc1cccc(C(=O)O)c1NC(C)c1ccccn1. The van der Waals surface area contributed by atoms with Crippen LogP contribution < -0.4 is 5.32 Å². The number of aromatic carboxylic acids is 1. The van der Waals surface area contributed by atoms with Crippen molar-refractivity contribution in [2.45, 2.75) is 19.9 Å². The summed E-state index contributed by atoms with van der Waals surface area (Å²) >= 11 is 0. The van der Waals surface area contributed by atoms with Gasteiger partial charge in [0.25, 0.3) is 0 Å². The molecule has 0 aliphatic rings. The van der Waals surface area contributed by atoms with Crippen LogP contribution in [0.25, 0.3) is 0 Å². The third-order valence-electron chi connectivity index (χ3n) is 3.00. The summed E-state index contributed by atoms with van der Waals surface area (Å²) in [4.78, 5) is 15.5. The zero-order chi connectivity index (χ0) is 13.8. The molecule has 4 heteroatoms. The van der Waals surface area contributed by atoms with E-state index in [1.165, 1.54) is 0 Å². The molecule has 0 fully saturated rings. The first-order chi connectivity index (χ1) is 9.09. The summed E-state index contributed by atoms with van der Waals surface area (Å²) in [7, 11) is 0. The Hall–Kier alpha value is -2.36. The van der Waals surface area contributed by atoms with E-state index in [4.69, 9.17) is 0 Å². The Morgan fingerprint density at radius 1 is 1.26 bits per heavy atom. The van der Waals surface area contributed by atoms with Gasteiger partial charge in [-0.25, -0.2) is 4.79 Å². The van der Waals surface area contributed by atoms with E-state index in [1.807, 2.05) is 38.1 Å². The van der Waals surface area contributed by atoms with Gasteiger partial charge in [-0.2, -0.15) is 0 Å². The van der Waals surface area contributed by atoms with Crippen LogP contribution in [-0.4, -0.2) is 16.1 Å². The van der Waals surface area contributed by atoms with Crippen LogP contribution in [-0.2, 0) is 0 Å². The third kappa shape index (κ3) is 2.91. The average Bonchev–Trinajstić information content (AvgIpc) is 2.41. The Bertz CT molecular complexity index is 582. The maximum Gasteiger partial charge on any atom is 0.337 e. The molecule has 0 spiro atoms. The van der Waals surface area contributed by atoms with Gasteiger partial charge in [-0.3, -0.25) is 4.98 Å². The number of carboxylic acid groups (broad SMARTS) is 1. The van der Waals surface area contributed by atoms with Crippen LogP contribution in [0.1, 0.15) is 34.6 Å². The Morgan fingerprint density at radius 3 is 2.68 bits per heavy atom. The third-order valence-corrected chi connectivity index (χ3v) is 3.00. The molecule has 0 aliphatic heterocycles. The molecule has 19 heavy (non-hydrogen) atoms. The van der Waals surface area contributed by atoms with E-state index in [-0.39, 0.29) is 11.6 Å². The molecule has 1 aromatic carbocycles. The van der Waals surface area contributed by atoms with Crippen LogP contribution >= 0.6 is 0 Å². The Morgan fingerprint density at radius 2 is 2.05 bits per heavy atom. The number of anilines is 1. The van der Waals surface area contributed by atoms with Crippen LogP contribution in [0.5, 0.6) is 0 Å². The van der Waals surface area contributed by atoms with Crippen molar-refractivity contribution in [3.8, 4) is 0 Å². The number of nitrogens with zero attached hydrogens (tertiary/aromatic N) is 1. The van der Waals surface area contributed by atoms with Crippen LogP contribution in [0.2, 0.25) is 0 Å². The second-order valence-corrected chi connectivity index (χ2v) is 4.42. The molecule has 0 bridgehead atoms. The van der Waals surface area contributed by atoms with Crippen molar-refractivity contribution in [2.75, 3.05) is 5.32 Å². The maximum absolute atomic E-state index is 11.2. The highest BCUT2D eigenvalue weighted by atomic mass is 16.4. The molecular weight excluding hydrogens is 240 g/mol. The quantitative estimate of drug-likeness (QED) is 0.881. The van der Waals surface area contributed by atoms with Crippen LogP contribution in [0, 0.1) is 6.92 Å². The van der Waals surface area contributed by atoms with E-state index in [2.05, 4.69) is 10.3 Å². The molecule has 4 nitrogen and oxygen atoms in total. The van der Waals surface area contributed by atoms with Gasteiger partial charge >= 0.3 is 5.97 Å². The van der Waals surface area contributed by atoms with E-state index < -0.39 is 5.97 Å². The lowest BCUT2D eigenvalue weighted by molar-refractivity contribution is 0.0698. The number of para-hydroxylation sites is 1. The summed E-state index contributed by atoms with van der Waals surface area (Å²) in [5.41, 5.74) is 2.71. The minimum absolute atomic E-state index is 0.0552. The van der Waals surface area contributed by atoms with E-state index in [0.717, 1.165) is 11.3 Å². The minimum Gasteiger partial charge on any atom is -0.478 e. The number of nitrogens with one attached hydrogen (secondary N) is 1. The highest BCUT2D eigenvalue weighted by Gasteiger charge is 2.15. The van der Waals surface area contributed by atoms with E-state index >= 15 is 0 Å². The summed E-state index contributed by atoms with van der Waals surface area (Å²) in [6.45, 7) is 3.85. The minimum atomic E-state index is -0.931. The van der Waals surface area contributed by atoms with Crippen molar-refractivity contribution < 1.29 is 9.90 Å². The topological polar surface area (TPSA) is 62.2 Å². The second kappa shape index (κ2) is 5.52. The van der Waals surface area contributed by atoms with Gasteiger partial charge in [0.05, 0.1) is 23.0 Å². The maximum atomic E-state index is 11.2. The lowest BCUT2D eigenvalue weighted by atomic mass is 10.1. The first-order valence-corrected chi connectivity index (χ1v) is 6.10. The Balaban J connectivity index is 2.31. The van der Waals surface area contributed by atoms with Crippen molar-refractivity contribution >= 4 is 11.7 Å². The number of hydrogen-bond acceptors (Lipinski definition) is 3. The molecule has 1 atom stereocenters. The summed E-state index contributed by atoms with van der Waals surface area (Å²) < 4.78 is 0. The van der Waals surface area contributed by atoms with E-state index in [0.29, 0.717) is 5.69 Å². The predicted molar refractivity (Wildman–Crippen MR) is 74.4 cm³/mol. The fourth-order valence-corrected chi connectivity index (χ4v) is 1.96. The van der Waals surface area contributed by atoms with Gasteiger partial charge in [-0.15, -0.1) is 0 Å². The zero-order valence-corrected chi connectivity index (χ0v) is 10.9. The van der Waals surface area contributed by atoms with Gasteiger partial charge in [0.2, 0.25) is 0 Å². The standard InChI is InChI=1S/C15H16N2O2/c1-10-6-5-7-12(15(18)19)14(10)17-11(2)13-8-3-4-9-16-13/h3-9,11,17H,1-2H3,(H,18,19). The second-order valence-electron chi connectivity index (χ2n) is 4.42. The molecule has 0 radical (unpaired) electrons. The van der Waals surface area contributed by atoms with Gasteiger partial charge in [0, 0.05) is 6.20 Å². The van der Waals surface area contributed by atoms with E-state index in [1.54, 1.807) is 18.3 Å². The van der Waals surface area contributed by atoms with Crippen molar-refractivity contribution in [3.05, 3.63) is 59.4 Å². The van der Waals surface area contributed by atoms with Crippen molar-refractivity contribution in [3.63, 3.8) is 0 Å².